The van der Waals surface area contributed by atoms with Crippen LogP contribution in [0.25, 0.3) is 0 Å². The van der Waals surface area contributed by atoms with Gasteiger partial charge in [-0.2, -0.15) is 0 Å². The molecule has 2 unspecified atom stereocenters. The van der Waals surface area contributed by atoms with Crippen LogP contribution in [0.5, 0.6) is 0 Å². The molecule has 0 aliphatic rings. The summed E-state index contributed by atoms with van der Waals surface area (Å²) in [6.07, 6.45) is 0.231. The molecular formula is C12H24N4O9P2. The lowest BCUT2D eigenvalue weighted by Gasteiger charge is -2.44. The van der Waals surface area contributed by atoms with E-state index in [1.165, 1.54) is 0 Å². The van der Waals surface area contributed by atoms with Crippen LogP contribution in [0.3, 0.4) is 0 Å². The summed E-state index contributed by atoms with van der Waals surface area (Å²) < 4.78 is 23.6. The van der Waals surface area contributed by atoms with Crippen molar-refractivity contribution < 1.29 is 43.7 Å². The number of aliphatic imine (C=N–C) groups is 1. The Labute approximate surface area is 155 Å². The van der Waals surface area contributed by atoms with Gasteiger partial charge in [0.15, 0.2) is 5.96 Å². The number of rotatable bonds is 12. The SMILES string of the molecule is C=CC(N(C(C=C)P(=O)(O)O)[C@@](O)(CCCN=C(N)N)C(=O)O)P(=O)(O)O. The summed E-state index contributed by atoms with van der Waals surface area (Å²) in [5, 5.41) is 20.2. The molecule has 0 aromatic heterocycles. The molecule has 0 rings (SSSR count). The van der Waals surface area contributed by atoms with Crippen LogP contribution < -0.4 is 11.5 Å². The topological polar surface area (TPSA) is 240 Å². The zero-order valence-corrected chi connectivity index (χ0v) is 16.0. The van der Waals surface area contributed by atoms with Crippen LogP contribution in [0.15, 0.2) is 30.3 Å². The van der Waals surface area contributed by atoms with Gasteiger partial charge in [0.1, 0.15) is 11.6 Å². The maximum absolute atomic E-state index is 11.8. The van der Waals surface area contributed by atoms with Crippen molar-refractivity contribution in [2.75, 3.05) is 6.54 Å². The number of guanidine groups is 1. The summed E-state index contributed by atoms with van der Waals surface area (Å²) in [4.78, 5) is 53.4. The first kappa shape index (κ1) is 25.4. The maximum Gasteiger partial charge on any atom is 0.351 e. The molecule has 0 aliphatic carbocycles. The molecule has 0 heterocycles. The normalized spacial score (nSPS) is 16.8. The van der Waals surface area contributed by atoms with Crippen molar-refractivity contribution in [3.05, 3.63) is 25.3 Å². The van der Waals surface area contributed by atoms with Crippen molar-refractivity contribution in [1.29, 1.82) is 0 Å². The Morgan fingerprint density at radius 1 is 1.11 bits per heavy atom. The van der Waals surface area contributed by atoms with E-state index in [0.717, 1.165) is 0 Å². The third kappa shape index (κ3) is 6.83. The van der Waals surface area contributed by atoms with Crippen molar-refractivity contribution in [1.82, 2.24) is 4.90 Å². The molecule has 0 radical (unpaired) electrons. The molecule has 0 saturated carbocycles. The Kier molecular flexibility index (Phi) is 9.03. The maximum atomic E-state index is 11.8. The molecule has 0 saturated heterocycles. The van der Waals surface area contributed by atoms with E-state index in [-0.39, 0.29) is 23.8 Å². The predicted molar refractivity (Wildman–Crippen MR) is 96.4 cm³/mol. The van der Waals surface area contributed by atoms with Gasteiger partial charge in [-0.1, -0.05) is 12.2 Å². The van der Waals surface area contributed by atoms with Gasteiger partial charge in [-0.05, 0) is 6.42 Å². The van der Waals surface area contributed by atoms with Gasteiger partial charge in [-0.15, -0.1) is 13.2 Å². The van der Waals surface area contributed by atoms with E-state index in [1.807, 2.05) is 0 Å². The van der Waals surface area contributed by atoms with Gasteiger partial charge < -0.3 is 41.3 Å². The van der Waals surface area contributed by atoms with E-state index in [1.54, 1.807) is 0 Å². The highest BCUT2D eigenvalue weighted by molar-refractivity contribution is 7.53. The molecule has 156 valence electrons. The first-order valence-electron chi connectivity index (χ1n) is 7.28. The van der Waals surface area contributed by atoms with Gasteiger partial charge in [0.05, 0.1) is 0 Å². The lowest BCUT2D eigenvalue weighted by molar-refractivity contribution is -0.187. The molecule has 0 bridgehead atoms. The molecule has 13 nitrogen and oxygen atoms in total. The summed E-state index contributed by atoms with van der Waals surface area (Å²) in [7, 11) is -10.5. The van der Waals surface area contributed by atoms with Gasteiger partial charge >= 0.3 is 21.2 Å². The molecule has 0 spiro atoms. The average Bonchev–Trinajstić information content (AvgIpc) is 2.48. The number of carboxylic acid groups (broad SMARTS) is 1. The first-order chi connectivity index (χ1) is 12.1. The predicted octanol–water partition coefficient (Wildman–Crippen LogP) is -1.51. The van der Waals surface area contributed by atoms with E-state index >= 15 is 0 Å². The molecule has 10 N–H and O–H groups in total. The van der Waals surface area contributed by atoms with Crippen LogP contribution in [-0.4, -0.2) is 70.5 Å². The molecule has 3 atom stereocenters. The van der Waals surface area contributed by atoms with E-state index in [2.05, 4.69) is 18.2 Å². The Hall–Kier alpha value is -1.56. The molecule has 0 fully saturated rings. The minimum absolute atomic E-state index is 0.0897. The lowest BCUT2D eigenvalue weighted by Crippen LogP contribution is -2.61. The van der Waals surface area contributed by atoms with E-state index in [9.17, 15) is 43.7 Å². The summed E-state index contributed by atoms with van der Waals surface area (Å²) >= 11 is 0. The Bertz CT molecular complexity index is 650. The summed E-state index contributed by atoms with van der Waals surface area (Å²) in [5.41, 5.74) is 7.13. The first-order valence-corrected chi connectivity index (χ1v) is 10.6. The van der Waals surface area contributed by atoms with Crippen molar-refractivity contribution in [2.45, 2.75) is 30.1 Å². The second-order valence-corrected chi connectivity index (χ2v) is 8.83. The van der Waals surface area contributed by atoms with Gasteiger partial charge in [0.2, 0.25) is 5.72 Å². The number of hydrogen-bond acceptors (Lipinski definition) is 6. The minimum Gasteiger partial charge on any atom is -0.478 e. The molecule has 0 amide bonds. The lowest BCUT2D eigenvalue weighted by atomic mass is 10.0. The number of aliphatic hydroxyl groups is 1. The summed E-state index contributed by atoms with van der Waals surface area (Å²) in [6, 6.07) is 0. The van der Waals surface area contributed by atoms with Crippen LogP contribution in [0.4, 0.5) is 0 Å². The van der Waals surface area contributed by atoms with Crippen LogP contribution in [-0.2, 0) is 13.9 Å². The van der Waals surface area contributed by atoms with E-state index in [0.29, 0.717) is 12.2 Å². The number of hydrogen-bond donors (Lipinski definition) is 8. The van der Waals surface area contributed by atoms with Crippen LogP contribution >= 0.6 is 15.2 Å². The molecule has 27 heavy (non-hydrogen) atoms. The molecule has 15 heteroatoms. The second kappa shape index (κ2) is 9.58. The zero-order valence-electron chi connectivity index (χ0n) is 14.2. The fraction of sp³-hybridized carbons (Fsp3) is 0.500. The van der Waals surface area contributed by atoms with Crippen molar-refractivity contribution in [2.24, 2.45) is 16.5 Å². The number of carboxylic acids is 1. The third-order valence-electron chi connectivity index (χ3n) is 3.43. The van der Waals surface area contributed by atoms with Crippen LogP contribution in [0.2, 0.25) is 0 Å². The smallest absolute Gasteiger partial charge is 0.351 e. The number of aliphatic carboxylic acids is 1. The van der Waals surface area contributed by atoms with Crippen molar-refractivity contribution in [3.8, 4) is 0 Å². The Morgan fingerprint density at radius 2 is 1.52 bits per heavy atom. The van der Waals surface area contributed by atoms with Gasteiger partial charge in [0.25, 0.3) is 0 Å². The third-order valence-corrected chi connectivity index (χ3v) is 5.73. The highest BCUT2D eigenvalue weighted by atomic mass is 31.2. The quantitative estimate of drug-likeness (QED) is 0.0440. The van der Waals surface area contributed by atoms with E-state index < -0.39 is 44.9 Å². The van der Waals surface area contributed by atoms with Crippen molar-refractivity contribution >= 4 is 27.1 Å². The molecule has 0 aromatic carbocycles. The van der Waals surface area contributed by atoms with Crippen LogP contribution in [0.1, 0.15) is 12.8 Å². The summed E-state index contributed by atoms with van der Waals surface area (Å²) in [5.74, 6) is -6.80. The van der Waals surface area contributed by atoms with Gasteiger partial charge in [-0.25, -0.2) is 9.69 Å². The number of nitrogens with zero attached hydrogens (tertiary/aromatic N) is 2. The monoisotopic (exact) mass is 430 g/mol. The van der Waals surface area contributed by atoms with Crippen LogP contribution in [0, 0.1) is 0 Å². The van der Waals surface area contributed by atoms with Gasteiger partial charge in [-0.3, -0.25) is 14.1 Å². The largest absolute Gasteiger partial charge is 0.478 e. The summed E-state index contributed by atoms with van der Waals surface area (Å²) in [6.45, 7) is 6.16. The van der Waals surface area contributed by atoms with Gasteiger partial charge in [0, 0.05) is 13.0 Å². The Balaban J connectivity index is 6.38. The Morgan fingerprint density at radius 3 is 1.78 bits per heavy atom. The minimum atomic E-state index is -5.23. The number of carbonyl (C=O) groups is 1. The molecule has 0 aromatic rings. The van der Waals surface area contributed by atoms with E-state index in [4.69, 9.17) is 11.5 Å². The molecule has 0 aliphatic heterocycles. The zero-order chi connectivity index (χ0) is 21.6. The second-order valence-electron chi connectivity index (χ2n) is 5.42. The fourth-order valence-corrected chi connectivity index (χ4v) is 4.27. The highest BCUT2D eigenvalue weighted by Crippen LogP contribution is 2.53. The number of nitrogens with two attached hydrogens (primary N) is 2. The average molecular weight is 430 g/mol. The fourth-order valence-electron chi connectivity index (χ4n) is 2.30. The van der Waals surface area contributed by atoms with Crippen molar-refractivity contribution in [3.63, 3.8) is 0 Å². The highest BCUT2D eigenvalue weighted by Gasteiger charge is 2.55. The molecular weight excluding hydrogens is 406 g/mol. The standard InChI is InChI=1S/C12H24N4O9P2/c1-3-8(26(20,21)22)16(9(4-2)27(23,24)25)12(19,10(17)18)6-5-7-15-11(13)14/h3-4,8-9,19H,1-2,5-7H2,(H,17,18)(H4,13,14,15)(H2,20,21,22)(H2,23,24,25)/t8?,9?,12-/m1/s1.